The molecular weight excluding hydrogens is 652 g/mol. The molecule has 1 amide bonds. The van der Waals surface area contributed by atoms with E-state index in [1.54, 1.807) is 0 Å². The van der Waals surface area contributed by atoms with Crippen molar-refractivity contribution < 1.29 is 22.0 Å². The number of nitrogens with one attached hydrogen (secondary N) is 1. The number of anilines is 1. The van der Waals surface area contributed by atoms with Crippen LogP contribution in [-0.2, 0) is 27.9 Å². The first kappa shape index (κ1) is 32.5. The van der Waals surface area contributed by atoms with Gasteiger partial charge in [-0.05, 0) is 42.3 Å². The Hall–Kier alpha value is -3.42. The number of carbonyl (C=O) groups is 1. The van der Waals surface area contributed by atoms with Crippen LogP contribution in [0.15, 0.2) is 83.1 Å². The van der Waals surface area contributed by atoms with Gasteiger partial charge >= 0.3 is 0 Å². The first-order valence-corrected chi connectivity index (χ1v) is 17.6. The second-order valence-electron chi connectivity index (χ2n) is 11.7. The SMILES string of the molecule is Cc1ccc(-c2cc(CNC(=O)[C@@H]3CC(F)(F)CN3S(=O)(=O)c3ccc(Cl)s3)cc(N3CCN(Cc4ccccc4)CC3)n2)cc1. The molecule has 8 nitrogen and oxygen atoms in total. The van der Waals surface area contributed by atoms with Crippen molar-refractivity contribution in [3.63, 3.8) is 0 Å². The Balaban J connectivity index is 1.20. The Morgan fingerprint density at radius 1 is 1.00 bits per heavy atom. The van der Waals surface area contributed by atoms with E-state index in [0.717, 1.165) is 72.3 Å². The number of aromatic nitrogens is 1. The number of sulfonamides is 1. The summed E-state index contributed by atoms with van der Waals surface area (Å²) < 4.78 is 56.2. The van der Waals surface area contributed by atoms with Crippen LogP contribution in [0.1, 0.15) is 23.1 Å². The summed E-state index contributed by atoms with van der Waals surface area (Å²) in [4.78, 5) is 22.9. The molecule has 13 heteroatoms. The zero-order valence-electron chi connectivity index (χ0n) is 25.2. The van der Waals surface area contributed by atoms with Gasteiger partial charge in [0.05, 0.1) is 16.6 Å². The van der Waals surface area contributed by atoms with Crippen molar-refractivity contribution in [3.05, 3.63) is 99.9 Å². The summed E-state index contributed by atoms with van der Waals surface area (Å²) in [6, 6.07) is 23.2. The molecule has 6 rings (SSSR count). The van der Waals surface area contributed by atoms with Gasteiger partial charge in [-0.2, -0.15) is 4.31 Å². The Morgan fingerprint density at radius 2 is 1.72 bits per heavy atom. The highest BCUT2D eigenvalue weighted by molar-refractivity contribution is 7.91. The minimum absolute atomic E-state index is 0.0158. The lowest BCUT2D eigenvalue weighted by atomic mass is 10.1. The monoisotopic (exact) mass is 685 g/mol. The van der Waals surface area contributed by atoms with Crippen molar-refractivity contribution in [2.45, 2.75) is 42.6 Å². The van der Waals surface area contributed by atoms with E-state index in [2.05, 4.69) is 27.2 Å². The smallest absolute Gasteiger partial charge is 0.263 e. The van der Waals surface area contributed by atoms with E-state index in [1.807, 2.05) is 61.5 Å². The first-order valence-electron chi connectivity index (χ1n) is 15.0. The number of thiophene rings is 1. The van der Waals surface area contributed by atoms with E-state index in [0.29, 0.717) is 4.31 Å². The number of halogens is 3. The predicted molar refractivity (Wildman–Crippen MR) is 177 cm³/mol. The molecule has 2 saturated heterocycles. The van der Waals surface area contributed by atoms with Crippen LogP contribution in [-0.4, -0.2) is 73.2 Å². The molecule has 242 valence electrons. The van der Waals surface area contributed by atoms with Crippen LogP contribution in [0.4, 0.5) is 14.6 Å². The topological polar surface area (TPSA) is 85.8 Å². The second-order valence-corrected chi connectivity index (χ2v) is 15.6. The minimum atomic E-state index is -4.35. The number of carbonyl (C=O) groups excluding carboxylic acids is 1. The zero-order valence-corrected chi connectivity index (χ0v) is 27.6. The van der Waals surface area contributed by atoms with Crippen molar-refractivity contribution in [2.24, 2.45) is 0 Å². The normalized spacial score (nSPS) is 19.0. The number of nitrogens with zero attached hydrogens (tertiary/aromatic N) is 4. The molecule has 4 aromatic rings. The molecule has 4 heterocycles. The van der Waals surface area contributed by atoms with Gasteiger partial charge in [0.1, 0.15) is 16.1 Å². The van der Waals surface area contributed by atoms with E-state index >= 15 is 0 Å². The van der Waals surface area contributed by atoms with E-state index in [4.69, 9.17) is 16.6 Å². The molecular formula is C33H34ClF2N5O3S2. The molecule has 1 N–H and O–H groups in total. The van der Waals surface area contributed by atoms with Crippen LogP contribution < -0.4 is 10.2 Å². The second kappa shape index (κ2) is 13.4. The maximum atomic E-state index is 14.6. The fraction of sp³-hybridized carbons (Fsp3) is 0.333. The molecule has 2 aliphatic rings. The van der Waals surface area contributed by atoms with Gasteiger partial charge in [-0.3, -0.25) is 9.69 Å². The molecule has 0 spiro atoms. The summed E-state index contributed by atoms with van der Waals surface area (Å²) in [5.41, 5.74) is 4.73. The van der Waals surface area contributed by atoms with Gasteiger partial charge in [-0.25, -0.2) is 22.2 Å². The highest BCUT2D eigenvalue weighted by Crippen LogP contribution is 2.38. The number of aryl methyl sites for hydroxylation is 1. The predicted octanol–water partition coefficient (Wildman–Crippen LogP) is 5.81. The zero-order chi connectivity index (χ0) is 32.5. The Bertz CT molecular complexity index is 1800. The average Bonchev–Trinajstić information content (AvgIpc) is 3.64. The molecule has 2 aromatic carbocycles. The Labute approximate surface area is 276 Å². The molecule has 0 bridgehead atoms. The van der Waals surface area contributed by atoms with Crippen LogP contribution in [0.5, 0.6) is 0 Å². The van der Waals surface area contributed by atoms with E-state index in [9.17, 15) is 22.0 Å². The largest absolute Gasteiger partial charge is 0.354 e. The maximum absolute atomic E-state index is 14.6. The van der Waals surface area contributed by atoms with Gasteiger partial charge in [0.25, 0.3) is 15.9 Å². The maximum Gasteiger partial charge on any atom is 0.263 e. The highest BCUT2D eigenvalue weighted by Gasteiger charge is 2.53. The first-order chi connectivity index (χ1) is 22.0. The van der Waals surface area contributed by atoms with Crippen molar-refractivity contribution in [1.82, 2.24) is 19.5 Å². The molecule has 2 aromatic heterocycles. The van der Waals surface area contributed by atoms with Gasteiger partial charge < -0.3 is 10.2 Å². The Kier molecular flexibility index (Phi) is 9.45. The fourth-order valence-corrected chi connectivity index (χ4v) is 9.03. The number of hydrogen-bond acceptors (Lipinski definition) is 7. The number of alkyl halides is 2. The van der Waals surface area contributed by atoms with Crippen LogP contribution in [0.3, 0.4) is 0 Å². The third-order valence-electron chi connectivity index (χ3n) is 8.27. The number of amides is 1. The van der Waals surface area contributed by atoms with E-state index in [-0.39, 0.29) is 15.1 Å². The van der Waals surface area contributed by atoms with Gasteiger partial charge in [-0.15, -0.1) is 11.3 Å². The average molecular weight is 686 g/mol. The molecule has 1 atom stereocenters. The lowest BCUT2D eigenvalue weighted by Gasteiger charge is -2.35. The quantitative estimate of drug-likeness (QED) is 0.240. The Morgan fingerprint density at radius 3 is 2.39 bits per heavy atom. The number of pyridine rings is 1. The number of hydrogen-bond donors (Lipinski definition) is 1. The van der Waals surface area contributed by atoms with Gasteiger partial charge in [-0.1, -0.05) is 71.8 Å². The lowest BCUT2D eigenvalue weighted by Crippen LogP contribution is -2.46. The van der Waals surface area contributed by atoms with Gasteiger partial charge in [0, 0.05) is 51.3 Å². The van der Waals surface area contributed by atoms with Crippen LogP contribution in [0.25, 0.3) is 11.3 Å². The van der Waals surface area contributed by atoms with Gasteiger partial charge in [0.15, 0.2) is 0 Å². The molecule has 0 saturated carbocycles. The molecule has 0 aliphatic carbocycles. The summed E-state index contributed by atoms with van der Waals surface area (Å²) >= 11 is 6.68. The van der Waals surface area contributed by atoms with E-state index < -0.39 is 40.9 Å². The summed E-state index contributed by atoms with van der Waals surface area (Å²) in [5, 5.41) is 2.73. The number of piperazine rings is 1. The molecule has 2 aliphatic heterocycles. The third kappa shape index (κ3) is 7.42. The third-order valence-corrected chi connectivity index (χ3v) is 11.8. The van der Waals surface area contributed by atoms with Crippen LogP contribution >= 0.6 is 22.9 Å². The van der Waals surface area contributed by atoms with Crippen molar-refractivity contribution >= 4 is 44.7 Å². The number of benzene rings is 2. The van der Waals surface area contributed by atoms with E-state index in [1.165, 1.54) is 17.7 Å². The van der Waals surface area contributed by atoms with Crippen molar-refractivity contribution in [1.29, 1.82) is 0 Å². The minimum Gasteiger partial charge on any atom is -0.354 e. The molecule has 46 heavy (non-hydrogen) atoms. The molecule has 0 radical (unpaired) electrons. The fourth-order valence-electron chi connectivity index (χ4n) is 5.81. The molecule has 0 unspecified atom stereocenters. The highest BCUT2D eigenvalue weighted by atomic mass is 35.5. The summed E-state index contributed by atoms with van der Waals surface area (Å²) in [7, 11) is -4.35. The van der Waals surface area contributed by atoms with Gasteiger partial charge in [0.2, 0.25) is 5.91 Å². The summed E-state index contributed by atoms with van der Waals surface area (Å²) in [5.74, 6) is -3.37. The van der Waals surface area contributed by atoms with Crippen molar-refractivity contribution in [2.75, 3.05) is 37.6 Å². The number of rotatable bonds is 9. The lowest BCUT2D eigenvalue weighted by molar-refractivity contribution is -0.124. The standard InChI is InChI=1S/C33H34ClF2N5O3S2/c1-23-7-9-26(10-8-23)27-17-25(18-30(38-27)40-15-13-39(14-16-40)21-24-5-3-2-4-6-24)20-37-32(42)28-19-33(35,36)22-41(28)46(43,44)31-12-11-29(34)45-31/h2-12,17-18,28H,13-16,19-22H2,1H3,(H,37,42)/t28-/m0/s1. The van der Waals surface area contributed by atoms with Crippen LogP contribution in [0, 0.1) is 6.92 Å². The summed E-state index contributed by atoms with van der Waals surface area (Å²) in [6.45, 7) is 5.06. The summed E-state index contributed by atoms with van der Waals surface area (Å²) in [6.07, 6.45) is -0.902. The van der Waals surface area contributed by atoms with Crippen molar-refractivity contribution in [3.8, 4) is 11.3 Å². The molecule has 2 fully saturated rings. The van der Waals surface area contributed by atoms with Crippen LogP contribution in [0.2, 0.25) is 4.34 Å².